The van der Waals surface area contributed by atoms with E-state index in [1.54, 1.807) is 20.3 Å². The van der Waals surface area contributed by atoms with Gasteiger partial charge in [-0.3, -0.25) is 0 Å². The largest absolute Gasteiger partial charge is 0.380 e. The van der Waals surface area contributed by atoms with Gasteiger partial charge in [-0.15, -0.1) is 0 Å². The summed E-state index contributed by atoms with van der Waals surface area (Å²) in [5.74, 6) is 6.59. The highest BCUT2D eigenvalue weighted by Crippen LogP contribution is 2.19. The average molecular weight is 274 g/mol. The zero-order valence-corrected chi connectivity index (χ0v) is 11.6. The number of hydrogen-bond acceptors (Lipinski definition) is 6. The molecule has 0 aliphatic heterocycles. The molecule has 1 aromatic heterocycles. The monoisotopic (exact) mass is 274 g/mol. The minimum absolute atomic E-state index is 0.409. The Hall–Kier alpha value is -2.02. The van der Waals surface area contributed by atoms with Crippen LogP contribution >= 0.6 is 0 Å². The van der Waals surface area contributed by atoms with Gasteiger partial charge in [-0.2, -0.15) is 0 Å². The van der Waals surface area contributed by atoms with Gasteiger partial charge in [0, 0.05) is 25.8 Å². The van der Waals surface area contributed by atoms with Gasteiger partial charge >= 0.3 is 0 Å². The van der Waals surface area contributed by atoms with Crippen molar-refractivity contribution in [2.45, 2.75) is 13.2 Å². The van der Waals surface area contributed by atoms with Crippen LogP contribution in [0.4, 0.5) is 5.82 Å². The fourth-order valence-electron chi connectivity index (χ4n) is 1.84. The Morgan fingerprint density at radius 3 is 2.35 bits per heavy atom. The first kappa shape index (κ1) is 14.4. The van der Waals surface area contributed by atoms with Crippen LogP contribution in [-0.2, 0) is 22.7 Å². The van der Waals surface area contributed by atoms with E-state index >= 15 is 0 Å². The molecule has 2 aromatic rings. The molecule has 0 saturated heterocycles. The zero-order chi connectivity index (χ0) is 14.4. The van der Waals surface area contributed by atoms with E-state index in [0.29, 0.717) is 24.9 Å². The van der Waals surface area contributed by atoms with Gasteiger partial charge < -0.3 is 14.9 Å². The lowest BCUT2D eigenvalue weighted by molar-refractivity contribution is 0.181. The van der Waals surface area contributed by atoms with Crippen LogP contribution in [0, 0.1) is 0 Å². The molecule has 0 bridgehead atoms. The molecule has 0 saturated carbocycles. The van der Waals surface area contributed by atoms with Crippen LogP contribution in [0.15, 0.2) is 30.3 Å². The van der Waals surface area contributed by atoms with Gasteiger partial charge in [-0.25, -0.2) is 15.8 Å². The van der Waals surface area contributed by atoms with Gasteiger partial charge in [0.25, 0.3) is 0 Å². The number of nitrogens with zero attached hydrogens (tertiary/aromatic N) is 2. The first-order chi connectivity index (χ1) is 9.76. The maximum atomic E-state index is 5.43. The lowest BCUT2D eigenvalue weighted by Crippen LogP contribution is -2.10. The van der Waals surface area contributed by atoms with E-state index in [1.807, 2.05) is 24.3 Å². The van der Waals surface area contributed by atoms with E-state index < -0.39 is 0 Å². The highest BCUT2D eigenvalue weighted by molar-refractivity contribution is 5.57. The third-order valence-corrected chi connectivity index (χ3v) is 2.74. The van der Waals surface area contributed by atoms with Crippen LogP contribution in [0.3, 0.4) is 0 Å². The lowest BCUT2D eigenvalue weighted by Gasteiger charge is -2.08. The number of aromatic nitrogens is 2. The molecule has 20 heavy (non-hydrogen) atoms. The molecule has 0 unspecified atom stereocenters. The molecule has 6 heteroatoms. The summed E-state index contributed by atoms with van der Waals surface area (Å²) in [6, 6.07) is 9.65. The number of benzene rings is 1. The van der Waals surface area contributed by atoms with E-state index in [2.05, 4.69) is 15.4 Å². The number of nitrogens with one attached hydrogen (secondary N) is 1. The highest BCUT2D eigenvalue weighted by Gasteiger charge is 2.06. The zero-order valence-electron chi connectivity index (χ0n) is 11.6. The van der Waals surface area contributed by atoms with Crippen molar-refractivity contribution in [2.24, 2.45) is 5.84 Å². The molecule has 0 radical (unpaired) electrons. The van der Waals surface area contributed by atoms with Crippen LogP contribution in [0.2, 0.25) is 0 Å². The van der Waals surface area contributed by atoms with Crippen molar-refractivity contribution in [3.8, 4) is 11.4 Å². The van der Waals surface area contributed by atoms with Crippen LogP contribution in [0.1, 0.15) is 11.3 Å². The Bertz CT molecular complexity index is 558. The summed E-state index contributed by atoms with van der Waals surface area (Å²) >= 11 is 0. The second kappa shape index (κ2) is 6.95. The third kappa shape index (κ3) is 3.51. The van der Waals surface area contributed by atoms with Gasteiger partial charge in [-0.1, -0.05) is 24.3 Å². The van der Waals surface area contributed by atoms with Crippen molar-refractivity contribution < 1.29 is 9.47 Å². The van der Waals surface area contributed by atoms with Crippen LogP contribution in [-0.4, -0.2) is 24.2 Å². The maximum absolute atomic E-state index is 5.43. The van der Waals surface area contributed by atoms with Crippen molar-refractivity contribution in [1.82, 2.24) is 9.97 Å². The molecule has 0 aliphatic rings. The van der Waals surface area contributed by atoms with Crippen molar-refractivity contribution in [3.05, 3.63) is 41.6 Å². The molecule has 2 rings (SSSR count). The van der Waals surface area contributed by atoms with Gasteiger partial charge in [0.05, 0.1) is 18.9 Å². The Balaban J connectivity index is 2.32. The van der Waals surface area contributed by atoms with E-state index in [-0.39, 0.29) is 0 Å². The predicted octanol–water partition coefficient (Wildman–Crippen LogP) is 1.72. The lowest BCUT2D eigenvalue weighted by atomic mass is 10.1. The maximum Gasteiger partial charge on any atom is 0.161 e. The first-order valence-corrected chi connectivity index (χ1v) is 6.18. The van der Waals surface area contributed by atoms with E-state index in [9.17, 15) is 0 Å². The number of hydrogen-bond donors (Lipinski definition) is 2. The molecule has 106 valence electrons. The quantitative estimate of drug-likeness (QED) is 0.616. The number of ether oxygens (including phenoxy) is 2. The van der Waals surface area contributed by atoms with Gasteiger partial charge in [0.2, 0.25) is 0 Å². The Kier molecular flexibility index (Phi) is 5.00. The molecule has 0 atom stereocenters. The Morgan fingerprint density at radius 2 is 1.75 bits per heavy atom. The number of rotatable bonds is 6. The molecule has 0 aliphatic carbocycles. The van der Waals surface area contributed by atoms with Crippen LogP contribution < -0.4 is 11.3 Å². The summed E-state index contributed by atoms with van der Waals surface area (Å²) in [6.07, 6.45) is 0. The molecule has 3 N–H and O–H groups in total. The minimum Gasteiger partial charge on any atom is -0.380 e. The Morgan fingerprint density at radius 1 is 1.05 bits per heavy atom. The second-order valence-electron chi connectivity index (χ2n) is 4.28. The summed E-state index contributed by atoms with van der Waals surface area (Å²) in [5, 5.41) is 0. The molecule has 6 nitrogen and oxygen atoms in total. The smallest absolute Gasteiger partial charge is 0.161 e. The molecule has 1 aromatic carbocycles. The summed E-state index contributed by atoms with van der Waals surface area (Å²) in [5.41, 5.74) is 5.33. The number of nitrogen functional groups attached to an aromatic ring is 1. The van der Waals surface area contributed by atoms with Crippen molar-refractivity contribution in [3.63, 3.8) is 0 Å². The molecule has 0 fully saturated rings. The third-order valence-electron chi connectivity index (χ3n) is 2.74. The van der Waals surface area contributed by atoms with E-state index in [1.165, 1.54) is 0 Å². The molecule has 0 amide bonds. The van der Waals surface area contributed by atoms with Crippen molar-refractivity contribution >= 4 is 5.82 Å². The normalized spacial score (nSPS) is 10.6. The first-order valence-electron chi connectivity index (χ1n) is 6.18. The van der Waals surface area contributed by atoms with Gasteiger partial charge in [-0.05, 0) is 5.56 Å². The summed E-state index contributed by atoms with van der Waals surface area (Å²) in [4.78, 5) is 8.80. The van der Waals surface area contributed by atoms with Gasteiger partial charge in [0.15, 0.2) is 5.82 Å². The predicted molar refractivity (Wildman–Crippen MR) is 76.7 cm³/mol. The Labute approximate surface area is 117 Å². The summed E-state index contributed by atoms with van der Waals surface area (Å²) in [7, 11) is 3.29. The van der Waals surface area contributed by atoms with Crippen molar-refractivity contribution in [2.75, 3.05) is 19.6 Å². The van der Waals surface area contributed by atoms with Crippen LogP contribution in [0.25, 0.3) is 11.4 Å². The molecular formula is C14H18N4O2. The highest BCUT2D eigenvalue weighted by atomic mass is 16.5. The topological polar surface area (TPSA) is 82.3 Å². The summed E-state index contributed by atoms with van der Waals surface area (Å²) in [6.45, 7) is 0.992. The fraction of sp³-hybridized carbons (Fsp3) is 0.286. The molecular weight excluding hydrogens is 256 g/mol. The van der Waals surface area contributed by atoms with Gasteiger partial charge in [0.1, 0.15) is 5.82 Å². The van der Waals surface area contributed by atoms with E-state index in [4.69, 9.17) is 15.3 Å². The summed E-state index contributed by atoms with van der Waals surface area (Å²) < 4.78 is 10.2. The number of anilines is 1. The average Bonchev–Trinajstić information content (AvgIpc) is 2.48. The SMILES string of the molecule is COCc1ccc(-c2nc(COC)cc(NN)n2)cc1. The molecule has 0 spiro atoms. The number of nitrogens with two attached hydrogens (primary N) is 1. The van der Waals surface area contributed by atoms with Crippen LogP contribution in [0.5, 0.6) is 0 Å². The molecule has 1 heterocycles. The fourth-order valence-corrected chi connectivity index (χ4v) is 1.84. The number of methoxy groups -OCH3 is 2. The minimum atomic E-state index is 0.409. The number of hydrazine groups is 1. The second-order valence-corrected chi connectivity index (χ2v) is 4.28. The standard InChI is InChI=1S/C14H18N4O2/c1-19-8-10-3-5-11(6-4-10)14-16-12(9-20-2)7-13(17-14)18-15/h3-7H,8-9,15H2,1-2H3,(H,16,17,18). The van der Waals surface area contributed by atoms with E-state index in [0.717, 1.165) is 16.8 Å². The van der Waals surface area contributed by atoms with Crippen molar-refractivity contribution in [1.29, 1.82) is 0 Å².